The molecule has 2 aromatic rings. The highest BCUT2D eigenvalue weighted by Crippen LogP contribution is 2.35. The molecular formula is C20H15Br3N2O4. The molecule has 0 saturated carbocycles. The van der Waals surface area contributed by atoms with E-state index in [0.29, 0.717) is 25.9 Å². The van der Waals surface area contributed by atoms with Gasteiger partial charge in [-0.05, 0) is 80.8 Å². The zero-order valence-electron chi connectivity index (χ0n) is 15.2. The molecule has 0 aliphatic carbocycles. The van der Waals surface area contributed by atoms with Crippen molar-refractivity contribution in [2.45, 2.75) is 6.92 Å². The molecule has 0 aliphatic rings. The summed E-state index contributed by atoms with van der Waals surface area (Å²) in [6, 6.07) is 12.3. The minimum absolute atomic E-state index is 0.0658. The van der Waals surface area contributed by atoms with Gasteiger partial charge in [-0.3, -0.25) is 4.79 Å². The SMILES string of the molecule is CCOC(=O)COc1c(Br)cc(/C=C(/C#N)C(=O)Nc2cccc(Br)c2)cc1Br. The molecule has 2 aromatic carbocycles. The van der Waals surface area contributed by atoms with Crippen LogP contribution in [-0.2, 0) is 14.3 Å². The Balaban J connectivity index is 2.19. The highest BCUT2D eigenvalue weighted by Gasteiger charge is 2.14. The van der Waals surface area contributed by atoms with Crippen LogP contribution in [0, 0.1) is 11.3 Å². The third-order valence-corrected chi connectivity index (χ3v) is 5.09. The van der Waals surface area contributed by atoms with Gasteiger partial charge in [0, 0.05) is 10.2 Å². The molecule has 1 amide bonds. The number of nitrogens with one attached hydrogen (secondary N) is 1. The average molecular weight is 587 g/mol. The maximum Gasteiger partial charge on any atom is 0.344 e. The number of esters is 1. The minimum Gasteiger partial charge on any atom is -0.480 e. The van der Waals surface area contributed by atoms with Crippen molar-refractivity contribution in [3.05, 3.63) is 61.0 Å². The highest BCUT2D eigenvalue weighted by molar-refractivity contribution is 9.11. The second-order valence-corrected chi connectivity index (χ2v) is 8.17. The van der Waals surface area contributed by atoms with E-state index >= 15 is 0 Å². The summed E-state index contributed by atoms with van der Waals surface area (Å²) in [7, 11) is 0. The number of ether oxygens (including phenoxy) is 2. The van der Waals surface area contributed by atoms with Crippen molar-refractivity contribution in [3.63, 3.8) is 0 Å². The Hall–Kier alpha value is -2.15. The first-order chi connectivity index (χ1) is 13.8. The van der Waals surface area contributed by atoms with Crippen LogP contribution < -0.4 is 10.1 Å². The summed E-state index contributed by atoms with van der Waals surface area (Å²) in [5.74, 6) is -0.598. The lowest BCUT2D eigenvalue weighted by atomic mass is 10.1. The molecule has 0 bridgehead atoms. The number of carbonyl (C=O) groups excluding carboxylic acids is 2. The molecule has 150 valence electrons. The van der Waals surface area contributed by atoms with E-state index in [1.54, 1.807) is 37.3 Å². The van der Waals surface area contributed by atoms with Crippen molar-refractivity contribution in [1.82, 2.24) is 0 Å². The molecule has 0 atom stereocenters. The molecular weight excluding hydrogens is 572 g/mol. The first-order valence-electron chi connectivity index (χ1n) is 8.30. The summed E-state index contributed by atoms with van der Waals surface area (Å²) in [4.78, 5) is 23.9. The van der Waals surface area contributed by atoms with E-state index in [2.05, 4.69) is 53.1 Å². The second-order valence-electron chi connectivity index (χ2n) is 5.54. The fraction of sp³-hybridized carbons (Fsp3) is 0.150. The fourth-order valence-electron chi connectivity index (χ4n) is 2.21. The van der Waals surface area contributed by atoms with E-state index in [1.165, 1.54) is 6.08 Å². The van der Waals surface area contributed by atoms with Crippen LogP contribution in [0.1, 0.15) is 12.5 Å². The Kier molecular flexibility index (Phi) is 8.89. The molecule has 0 aliphatic heterocycles. The van der Waals surface area contributed by atoms with Crippen LogP contribution in [0.15, 0.2) is 55.4 Å². The van der Waals surface area contributed by atoms with Crippen LogP contribution in [0.4, 0.5) is 5.69 Å². The summed E-state index contributed by atoms with van der Waals surface area (Å²) in [5.41, 5.74) is 1.09. The van der Waals surface area contributed by atoms with Gasteiger partial charge in [-0.2, -0.15) is 5.26 Å². The zero-order valence-corrected chi connectivity index (χ0v) is 19.9. The molecule has 1 N–H and O–H groups in total. The maximum atomic E-state index is 12.4. The van der Waals surface area contributed by atoms with Crippen LogP contribution in [-0.4, -0.2) is 25.1 Å². The van der Waals surface area contributed by atoms with Gasteiger partial charge in [0.05, 0.1) is 15.6 Å². The molecule has 0 spiro atoms. The van der Waals surface area contributed by atoms with Gasteiger partial charge < -0.3 is 14.8 Å². The third-order valence-electron chi connectivity index (χ3n) is 3.42. The largest absolute Gasteiger partial charge is 0.480 e. The number of anilines is 1. The Labute approximate surface area is 193 Å². The van der Waals surface area contributed by atoms with Gasteiger partial charge in [-0.1, -0.05) is 22.0 Å². The molecule has 9 heteroatoms. The Morgan fingerprint density at radius 1 is 1.17 bits per heavy atom. The Morgan fingerprint density at radius 3 is 2.45 bits per heavy atom. The fourth-order valence-corrected chi connectivity index (χ4v) is 4.06. The van der Waals surface area contributed by atoms with Gasteiger partial charge in [0.25, 0.3) is 5.91 Å². The summed E-state index contributed by atoms with van der Waals surface area (Å²) >= 11 is 10.1. The van der Waals surface area contributed by atoms with Crippen molar-refractivity contribution in [2.24, 2.45) is 0 Å². The lowest BCUT2D eigenvalue weighted by molar-refractivity contribution is -0.145. The van der Waals surface area contributed by atoms with Gasteiger partial charge in [0.1, 0.15) is 17.4 Å². The molecule has 0 heterocycles. The zero-order chi connectivity index (χ0) is 21.4. The topological polar surface area (TPSA) is 88.4 Å². The first-order valence-corrected chi connectivity index (χ1v) is 10.7. The molecule has 0 fully saturated rings. The van der Waals surface area contributed by atoms with Gasteiger partial charge in [-0.15, -0.1) is 0 Å². The van der Waals surface area contributed by atoms with Crippen LogP contribution in [0.3, 0.4) is 0 Å². The van der Waals surface area contributed by atoms with Crippen LogP contribution in [0.5, 0.6) is 5.75 Å². The number of benzene rings is 2. The summed E-state index contributed by atoms with van der Waals surface area (Å²) in [5, 5.41) is 12.1. The number of hydrogen-bond acceptors (Lipinski definition) is 5. The van der Waals surface area contributed by atoms with E-state index in [9.17, 15) is 14.9 Å². The highest BCUT2D eigenvalue weighted by atomic mass is 79.9. The van der Waals surface area contributed by atoms with Gasteiger partial charge in [-0.25, -0.2) is 4.79 Å². The standard InChI is InChI=1S/C20H15Br3N2O4/c1-2-28-18(26)11-29-19-16(22)7-12(8-17(19)23)6-13(10-24)20(27)25-15-5-3-4-14(21)9-15/h3-9H,2,11H2,1H3,(H,25,27)/b13-6-. The molecule has 29 heavy (non-hydrogen) atoms. The Morgan fingerprint density at radius 2 is 1.86 bits per heavy atom. The molecule has 0 radical (unpaired) electrons. The van der Waals surface area contributed by atoms with Gasteiger partial charge >= 0.3 is 5.97 Å². The second kappa shape index (κ2) is 11.1. The smallest absolute Gasteiger partial charge is 0.344 e. The number of nitrogens with zero attached hydrogens (tertiary/aromatic N) is 1. The molecule has 0 saturated heterocycles. The molecule has 6 nitrogen and oxygen atoms in total. The number of halogens is 3. The molecule has 0 aromatic heterocycles. The first kappa shape index (κ1) is 23.1. The summed E-state index contributed by atoms with van der Waals surface area (Å²) in [6.07, 6.45) is 1.46. The van der Waals surface area contributed by atoms with E-state index < -0.39 is 11.9 Å². The Bertz CT molecular complexity index is 976. The number of carbonyl (C=O) groups is 2. The molecule has 2 rings (SSSR count). The number of nitriles is 1. The van der Waals surface area contributed by atoms with Crippen molar-refractivity contribution in [1.29, 1.82) is 5.26 Å². The minimum atomic E-state index is -0.527. The van der Waals surface area contributed by atoms with Crippen molar-refractivity contribution < 1.29 is 19.1 Å². The monoisotopic (exact) mass is 584 g/mol. The summed E-state index contributed by atoms with van der Waals surface area (Å²) < 4.78 is 12.2. The number of hydrogen-bond donors (Lipinski definition) is 1. The normalized spacial score (nSPS) is 10.8. The van der Waals surface area contributed by atoms with Crippen molar-refractivity contribution in [3.8, 4) is 11.8 Å². The average Bonchev–Trinajstić information content (AvgIpc) is 2.65. The van der Waals surface area contributed by atoms with E-state index in [0.717, 1.165) is 4.47 Å². The van der Waals surface area contributed by atoms with Gasteiger partial charge in [0.2, 0.25) is 0 Å². The van der Waals surface area contributed by atoms with Gasteiger partial charge in [0.15, 0.2) is 6.61 Å². The van der Waals surface area contributed by atoms with Crippen molar-refractivity contribution >= 4 is 71.4 Å². The summed E-state index contributed by atoms with van der Waals surface area (Å²) in [6.45, 7) is 1.75. The lowest BCUT2D eigenvalue weighted by Crippen LogP contribution is -2.15. The lowest BCUT2D eigenvalue weighted by Gasteiger charge is -2.11. The number of amides is 1. The van der Waals surface area contributed by atoms with E-state index in [4.69, 9.17) is 9.47 Å². The van der Waals surface area contributed by atoms with Crippen LogP contribution in [0.25, 0.3) is 6.08 Å². The predicted molar refractivity (Wildman–Crippen MR) is 120 cm³/mol. The predicted octanol–water partition coefficient (Wildman–Crippen LogP) is 5.46. The van der Waals surface area contributed by atoms with Crippen LogP contribution in [0.2, 0.25) is 0 Å². The number of rotatable bonds is 7. The van der Waals surface area contributed by atoms with Crippen molar-refractivity contribution in [2.75, 3.05) is 18.5 Å². The third kappa shape index (κ3) is 6.99. The van der Waals surface area contributed by atoms with Crippen LogP contribution >= 0.6 is 47.8 Å². The molecule has 0 unspecified atom stereocenters. The quantitative estimate of drug-likeness (QED) is 0.264. The maximum absolute atomic E-state index is 12.4. The van der Waals surface area contributed by atoms with E-state index in [-0.39, 0.29) is 18.8 Å². The van der Waals surface area contributed by atoms with E-state index in [1.807, 2.05) is 12.1 Å².